The molecule has 0 bridgehead atoms. The highest BCUT2D eigenvalue weighted by Crippen LogP contribution is 2.25. The van der Waals surface area contributed by atoms with E-state index in [1.54, 1.807) is 14.2 Å². The van der Waals surface area contributed by atoms with Crippen molar-refractivity contribution < 1.29 is 9.47 Å². The molecule has 2 aromatic carbocycles. The highest BCUT2D eigenvalue weighted by Gasteiger charge is 2.03. The molecule has 0 fully saturated rings. The molecular weight excluding hydrogens is 262 g/mol. The Morgan fingerprint density at radius 3 is 2.21 bits per heavy atom. The van der Waals surface area contributed by atoms with Gasteiger partial charge in [-0.3, -0.25) is 0 Å². The van der Waals surface area contributed by atoms with E-state index in [2.05, 4.69) is 5.32 Å². The lowest BCUT2D eigenvalue weighted by Crippen LogP contribution is -2.01. The Morgan fingerprint density at radius 2 is 1.63 bits per heavy atom. The molecule has 2 aromatic rings. The topological polar surface area (TPSA) is 30.5 Å². The van der Waals surface area contributed by atoms with Crippen LogP contribution in [0.5, 0.6) is 11.5 Å². The summed E-state index contributed by atoms with van der Waals surface area (Å²) in [7, 11) is 3.28. The number of benzene rings is 2. The maximum Gasteiger partial charge on any atom is 0.122 e. The fourth-order valence-electron chi connectivity index (χ4n) is 1.77. The highest BCUT2D eigenvalue weighted by atomic mass is 35.5. The van der Waals surface area contributed by atoms with Gasteiger partial charge in [-0.2, -0.15) is 0 Å². The van der Waals surface area contributed by atoms with Crippen molar-refractivity contribution in [3.05, 3.63) is 53.1 Å². The van der Waals surface area contributed by atoms with E-state index in [9.17, 15) is 0 Å². The summed E-state index contributed by atoms with van der Waals surface area (Å²) in [5, 5.41) is 3.99. The molecule has 0 aliphatic carbocycles. The van der Waals surface area contributed by atoms with E-state index in [0.717, 1.165) is 22.7 Å². The second kappa shape index (κ2) is 6.34. The number of methoxy groups -OCH3 is 2. The summed E-state index contributed by atoms with van der Waals surface area (Å²) in [4.78, 5) is 0. The lowest BCUT2D eigenvalue weighted by atomic mass is 10.2. The molecule has 4 heteroatoms. The van der Waals surface area contributed by atoms with Crippen molar-refractivity contribution in [1.82, 2.24) is 0 Å². The molecule has 100 valence electrons. The third-order valence-corrected chi connectivity index (χ3v) is 3.10. The molecule has 2 rings (SSSR count). The zero-order valence-electron chi connectivity index (χ0n) is 10.9. The maximum absolute atomic E-state index is 6.10. The van der Waals surface area contributed by atoms with Gasteiger partial charge in [-0.25, -0.2) is 0 Å². The van der Waals surface area contributed by atoms with Gasteiger partial charge in [0.1, 0.15) is 11.5 Å². The smallest absolute Gasteiger partial charge is 0.122 e. The Hall–Kier alpha value is -1.87. The van der Waals surface area contributed by atoms with Gasteiger partial charge in [0, 0.05) is 12.6 Å². The van der Waals surface area contributed by atoms with Crippen LogP contribution < -0.4 is 14.8 Å². The summed E-state index contributed by atoms with van der Waals surface area (Å²) in [6.07, 6.45) is 0. The normalized spacial score (nSPS) is 10.1. The van der Waals surface area contributed by atoms with Crippen molar-refractivity contribution in [2.24, 2.45) is 0 Å². The number of nitrogens with one attached hydrogen (secondary N) is 1. The van der Waals surface area contributed by atoms with Crippen LogP contribution in [-0.2, 0) is 6.54 Å². The predicted octanol–water partition coefficient (Wildman–Crippen LogP) is 3.97. The molecule has 0 unspecified atom stereocenters. The van der Waals surface area contributed by atoms with Crippen LogP contribution in [0, 0.1) is 0 Å². The summed E-state index contributed by atoms with van der Waals surface area (Å²) in [6, 6.07) is 13.4. The van der Waals surface area contributed by atoms with Crippen molar-refractivity contribution in [2.45, 2.75) is 6.54 Å². The standard InChI is InChI=1S/C15H16ClNO2/c1-18-12-7-11(8-13(9-12)19-2)10-17-15-6-4-3-5-14(15)16/h3-9,17H,10H2,1-2H3. The highest BCUT2D eigenvalue weighted by molar-refractivity contribution is 6.33. The largest absolute Gasteiger partial charge is 0.497 e. The van der Waals surface area contributed by atoms with Crippen LogP contribution in [0.1, 0.15) is 5.56 Å². The molecule has 0 atom stereocenters. The van der Waals surface area contributed by atoms with Gasteiger partial charge in [-0.15, -0.1) is 0 Å². The minimum absolute atomic E-state index is 0.650. The average molecular weight is 278 g/mol. The molecule has 0 saturated heterocycles. The molecule has 3 nitrogen and oxygen atoms in total. The second-order valence-electron chi connectivity index (χ2n) is 4.05. The molecule has 0 aliphatic rings. The predicted molar refractivity (Wildman–Crippen MR) is 78.3 cm³/mol. The van der Waals surface area contributed by atoms with E-state index in [1.807, 2.05) is 42.5 Å². The van der Waals surface area contributed by atoms with E-state index >= 15 is 0 Å². The number of ether oxygens (including phenoxy) is 2. The summed E-state index contributed by atoms with van der Waals surface area (Å²) in [6.45, 7) is 0.650. The third kappa shape index (κ3) is 3.55. The van der Waals surface area contributed by atoms with Crippen LogP contribution in [0.4, 0.5) is 5.69 Å². The molecular formula is C15H16ClNO2. The summed E-state index contributed by atoms with van der Waals surface area (Å²) in [5.41, 5.74) is 1.97. The van der Waals surface area contributed by atoms with Crippen LogP contribution in [0.2, 0.25) is 5.02 Å². The Labute approximate surface area is 118 Å². The van der Waals surface area contributed by atoms with Gasteiger partial charge in [0.05, 0.1) is 24.9 Å². The summed E-state index contributed by atoms with van der Waals surface area (Å²) < 4.78 is 10.5. The van der Waals surface area contributed by atoms with Gasteiger partial charge in [0.2, 0.25) is 0 Å². The Kier molecular flexibility index (Phi) is 4.53. The molecule has 19 heavy (non-hydrogen) atoms. The van der Waals surface area contributed by atoms with E-state index < -0.39 is 0 Å². The number of hydrogen-bond acceptors (Lipinski definition) is 3. The third-order valence-electron chi connectivity index (χ3n) is 2.77. The zero-order valence-corrected chi connectivity index (χ0v) is 11.7. The van der Waals surface area contributed by atoms with Crippen molar-refractivity contribution in [2.75, 3.05) is 19.5 Å². The lowest BCUT2D eigenvalue weighted by molar-refractivity contribution is 0.393. The number of para-hydroxylation sites is 1. The monoisotopic (exact) mass is 277 g/mol. The first-order chi connectivity index (χ1) is 9.22. The quantitative estimate of drug-likeness (QED) is 0.897. The number of rotatable bonds is 5. The first-order valence-corrected chi connectivity index (χ1v) is 6.31. The molecule has 0 radical (unpaired) electrons. The lowest BCUT2D eigenvalue weighted by Gasteiger charge is -2.11. The van der Waals surface area contributed by atoms with E-state index in [4.69, 9.17) is 21.1 Å². The fourth-order valence-corrected chi connectivity index (χ4v) is 1.97. The minimum atomic E-state index is 0.650. The van der Waals surface area contributed by atoms with Gasteiger partial charge in [-0.05, 0) is 29.8 Å². The molecule has 0 aromatic heterocycles. The molecule has 0 saturated carbocycles. The molecule has 1 N–H and O–H groups in total. The summed E-state index contributed by atoms with van der Waals surface area (Å²) >= 11 is 6.10. The Bertz CT molecular complexity index is 535. The van der Waals surface area contributed by atoms with Crippen molar-refractivity contribution in [3.8, 4) is 11.5 Å². The van der Waals surface area contributed by atoms with Crippen LogP contribution in [-0.4, -0.2) is 14.2 Å². The fraction of sp³-hybridized carbons (Fsp3) is 0.200. The molecule has 0 amide bonds. The molecule has 0 aliphatic heterocycles. The average Bonchev–Trinajstić information content (AvgIpc) is 2.46. The van der Waals surface area contributed by atoms with E-state index in [-0.39, 0.29) is 0 Å². The Morgan fingerprint density at radius 1 is 1.00 bits per heavy atom. The zero-order chi connectivity index (χ0) is 13.7. The van der Waals surface area contributed by atoms with Crippen molar-refractivity contribution in [1.29, 1.82) is 0 Å². The SMILES string of the molecule is COc1cc(CNc2ccccc2Cl)cc(OC)c1. The first-order valence-electron chi connectivity index (χ1n) is 5.93. The molecule has 0 spiro atoms. The van der Waals surface area contributed by atoms with Gasteiger partial charge >= 0.3 is 0 Å². The van der Waals surface area contributed by atoms with Crippen molar-refractivity contribution in [3.63, 3.8) is 0 Å². The van der Waals surface area contributed by atoms with Gasteiger partial charge in [-0.1, -0.05) is 23.7 Å². The maximum atomic E-state index is 6.10. The van der Waals surface area contributed by atoms with E-state index in [0.29, 0.717) is 11.6 Å². The molecule has 0 heterocycles. The van der Waals surface area contributed by atoms with Crippen LogP contribution in [0.15, 0.2) is 42.5 Å². The Balaban J connectivity index is 2.13. The minimum Gasteiger partial charge on any atom is -0.497 e. The number of halogens is 1. The second-order valence-corrected chi connectivity index (χ2v) is 4.46. The van der Waals surface area contributed by atoms with E-state index in [1.165, 1.54) is 0 Å². The number of anilines is 1. The summed E-state index contributed by atoms with van der Waals surface area (Å²) in [5.74, 6) is 1.55. The van der Waals surface area contributed by atoms with Crippen LogP contribution in [0.25, 0.3) is 0 Å². The van der Waals surface area contributed by atoms with Crippen LogP contribution in [0.3, 0.4) is 0 Å². The number of hydrogen-bond donors (Lipinski definition) is 1. The van der Waals surface area contributed by atoms with Gasteiger partial charge in [0.25, 0.3) is 0 Å². The first kappa shape index (κ1) is 13.6. The van der Waals surface area contributed by atoms with Crippen LogP contribution >= 0.6 is 11.6 Å². The van der Waals surface area contributed by atoms with Gasteiger partial charge in [0.15, 0.2) is 0 Å². The van der Waals surface area contributed by atoms with Gasteiger partial charge < -0.3 is 14.8 Å². The van der Waals surface area contributed by atoms with Crippen molar-refractivity contribution >= 4 is 17.3 Å².